The highest BCUT2D eigenvalue weighted by Crippen LogP contribution is 2.53. The van der Waals surface area contributed by atoms with Gasteiger partial charge in [-0.1, -0.05) is 275 Å². The number of fused-ring (bicyclic) bond motifs is 7. The Bertz CT molecular complexity index is 4170. The van der Waals surface area contributed by atoms with Crippen molar-refractivity contribution < 1.29 is 0 Å². The summed E-state index contributed by atoms with van der Waals surface area (Å²) in [5.41, 5.74) is 15.2. The molecule has 1 aliphatic carbocycles. The van der Waals surface area contributed by atoms with Crippen molar-refractivity contribution in [3.63, 3.8) is 0 Å². The van der Waals surface area contributed by atoms with Crippen molar-refractivity contribution in [2.75, 3.05) is 0 Å². The summed E-state index contributed by atoms with van der Waals surface area (Å²) in [6.07, 6.45) is 0. The summed E-state index contributed by atoms with van der Waals surface area (Å²) in [4.78, 5) is 0. The summed E-state index contributed by atoms with van der Waals surface area (Å²) in [7, 11) is -2.79. The highest BCUT2D eigenvalue weighted by Gasteiger charge is 2.43. The number of hydrogen-bond acceptors (Lipinski definition) is 0. The second-order valence-electron chi connectivity index (χ2n) is 20.6. The molecular formula is C73H52Si. The molecule has 74 heavy (non-hydrogen) atoms. The quantitative estimate of drug-likeness (QED) is 0.0809. The fraction of sp³-hybridized carbons (Fsp3) is 0.0411. The zero-order valence-electron chi connectivity index (χ0n) is 41.6. The molecular weight excluding hydrogens is 905 g/mol. The van der Waals surface area contributed by atoms with Crippen LogP contribution in [0, 0.1) is 0 Å². The van der Waals surface area contributed by atoms with E-state index in [0.717, 1.165) is 0 Å². The third-order valence-corrected chi connectivity index (χ3v) is 21.3. The Balaban J connectivity index is 0.900. The summed E-state index contributed by atoms with van der Waals surface area (Å²) in [6, 6.07) is 105. The van der Waals surface area contributed by atoms with Crippen LogP contribution in [0.15, 0.2) is 279 Å². The standard InChI is InChI=1S/C73H52Si/c1-73(2)68-47-52(58-44-45-70(62-32-16-15-31-59(58)62)74(54-24-6-3-7-25-54,55-26-8-4-9-27-55)56-28-10-5-11-29-56)40-42-60(68)61-43-41-53(48-69(61)73)71-64-34-18-20-36-66(64)72(67-37-21-19-35-65(67)71)63-33-17-14-30-57(63)51-39-38-49-22-12-13-23-50(49)46-51/h3-48H,1-2H3. The molecule has 1 heteroatoms. The van der Waals surface area contributed by atoms with Gasteiger partial charge in [0, 0.05) is 5.41 Å². The van der Waals surface area contributed by atoms with Crippen molar-refractivity contribution in [2.24, 2.45) is 0 Å². The zero-order valence-corrected chi connectivity index (χ0v) is 42.6. The van der Waals surface area contributed by atoms with Crippen molar-refractivity contribution in [3.05, 3.63) is 290 Å². The van der Waals surface area contributed by atoms with E-state index in [2.05, 4.69) is 293 Å². The van der Waals surface area contributed by atoms with E-state index in [1.54, 1.807) is 0 Å². The van der Waals surface area contributed by atoms with Gasteiger partial charge in [0.1, 0.15) is 0 Å². The van der Waals surface area contributed by atoms with Crippen LogP contribution in [0.25, 0.3) is 98.7 Å². The van der Waals surface area contributed by atoms with Gasteiger partial charge in [0.25, 0.3) is 0 Å². The Morgan fingerprint density at radius 2 is 0.662 bits per heavy atom. The number of rotatable bonds is 8. The van der Waals surface area contributed by atoms with Crippen LogP contribution in [0.5, 0.6) is 0 Å². The van der Waals surface area contributed by atoms with Gasteiger partial charge in [-0.25, -0.2) is 0 Å². The van der Waals surface area contributed by atoms with Crippen molar-refractivity contribution in [1.82, 2.24) is 0 Å². The van der Waals surface area contributed by atoms with Crippen LogP contribution >= 0.6 is 0 Å². The molecule has 0 aromatic heterocycles. The van der Waals surface area contributed by atoms with Crippen molar-refractivity contribution in [1.29, 1.82) is 0 Å². The Hall–Kier alpha value is -8.88. The molecule has 0 bridgehead atoms. The molecule has 13 aromatic carbocycles. The minimum absolute atomic E-state index is 0.243. The lowest BCUT2D eigenvalue weighted by molar-refractivity contribution is 0.661. The maximum Gasteiger partial charge on any atom is 0.180 e. The second kappa shape index (κ2) is 17.4. The first-order chi connectivity index (χ1) is 36.5. The van der Waals surface area contributed by atoms with Gasteiger partial charge in [-0.05, 0) is 149 Å². The predicted octanol–water partition coefficient (Wildman–Crippen LogP) is 16.7. The number of benzene rings is 13. The van der Waals surface area contributed by atoms with E-state index in [1.807, 2.05) is 0 Å². The highest BCUT2D eigenvalue weighted by atomic mass is 28.3. The molecule has 0 saturated heterocycles. The summed E-state index contributed by atoms with van der Waals surface area (Å²) in [5, 5.41) is 15.7. The molecule has 0 aliphatic heterocycles. The molecule has 0 amide bonds. The van der Waals surface area contributed by atoms with Crippen LogP contribution in [0.2, 0.25) is 0 Å². The SMILES string of the molecule is CC1(C)c2cc(-c3ccc([Si](c4ccccc4)(c4ccccc4)c4ccccc4)c4ccccc34)ccc2-c2ccc(-c3c4ccccc4c(-c4ccccc4-c4ccc5ccccc5c4)c4ccccc34)cc21. The lowest BCUT2D eigenvalue weighted by atomic mass is 9.79. The van der Waals surface area contributed by atoms with E-state index >= 15 is 0 Å². The normalized spacial score (nSPS) is 12.8. The molecule has 0 nitrogen and oxygen atoms in total. The number of hydrogen-bond donors (Lipinski definition) is 0. The van der Waals surface area contributed by atoms with E-state index in [9.17, 15) is 0 Å². The van der Waals surface area contributed by atoms with Crippen molar-refractivity contribution in [3.8, 4) is 55.6 Å². The van der Waals surface area contributed by atoms with Crippen LogP contribution in [0.1, 0.15) is 25.0 Å². The predicted molar refractivity (Wildman–Crippen MR) is 319 cm³/mol. The Morgan fingerprint density at radius 1 is 0.257 bits per heavy atom. The van der Waals surface area contributed by atoms with E-state index in [4.69, 9.17) is 0 Å². The van der Waals surface area contributed by atoms with Gasteiger partial charge in [0.05, 0.1) is 0 Å². The minimum atomic E-state index is -2.79. The zero-order chi connectivity index (χ0) is 49.4. The largest absolute Gasteiger partial charge is 0.180 e. The molecule has 0 fully saturated rings. The van der Waals surface area contributed by atoms with Gasteiger partial charge in [0.2, 0.25) is 0 Å². The van der Waals surface area contributed by atoms with Crippen LogP contribution in [0.3, 0.4) is 0 Å². The molecule has 0 atom stereocenters. The first kappa shape index (κ1) is 43.9. The van der Waals surface area contributed by atoms with E-state index in [-0.39, 0.29) is 5.41 Å². The van der Waals surface area contributed by atoms with Gasteiger partial charge in [0.15, 0.2) is 8.07 Å². The Labute approximate surface area is 434 Å². The average Bonchev–Trinajstić information content (AvgIpc) is 3.75. The lowest BCUT2D eigenvalue weighted by Gasteiger charge is -2.35. The highest BCUT2D eigenvalue weighted by molar-refractivity contribution is 7.20. The van der Waals surface area contributed by atoms with Gasteiger partial charge in [-0.2, -0.15) is 0 Å². The summed E-state index contributed by atoms with van der Waals surface area (Å²) in [5.74, 6) is 0. The van der Waals surface area contributed by atoms with Crippen molar-refractivity contribution >= 4 is 71.9 Å². The van der Waals surface area contributed by atoms with Crippen LogP contribution in [-0.2, 0) is 5.41 Å². The molecule has 0 N–H and O–H groups in total. The molecule has 0 spiro atoms. The van der Waals surface area contributed by atoms with E-state index in [1.165, 1.54) is 131 Å². The molecule has 14 rings (SSSR count). The topological polar surface area (TPSA) is 0 Å². The van der Waals surface area contributed by atoms with Gasteiger partial charge < -0.3 is 0 Å². The van der Waals surface area contributed by atoms with Crippen molar-refractivity contribution in [2.45, 2.75) is 19.3 Å². The Morgan fingerprint density at radius 3 is 1.24 bits per heavy atom. The average molecular weight is 957 g/mol. The minimum Gasteiger partial charge on any atom is -0.0623 e. The van der Waals surface area contributed by atoms with Gasteiger partial charge in [-0.15, -0.1) is 0 Å². The molecule has 1 aliphatic rings. The first-order valence-corrected chi connectivity index (χ1v) is 28.0. The monoisotopic (exact) mass is 956 g/mol. The fourth-order valence-electron chi connectivity index (χ4n) is 13.0. The van der Waals surface area contributed by atoms with E-state index < -0.39 is 8.07 Å². The first-order valence-electron chi connectivity index (χ1n) is 26.0. The second-order valence-corrected chi connectivity index (χ2v) is 24.4. The molecule has 0 radical (unpaired) electrons. The fourth-order valence-corrected chi connectivity index (χ4v) is 18.0. The summed E-state index contributed by atoms with van der Waals surface area (Å²) in [6.45, 7) is 4.85. The van der Waals surface area contributed by atoms with Gasteiger partial charge in [-0.3, -0.25) is 0 Å². The van der Waals surface area contributed by atoms with Crippen LogP contribution < -0.4 is 20.7 Å². The van der Waals surface area contributed by atoms with Crippen LogP contribution in [-0.4, -0.2) is 8.07 Å². The molecule has 13 aromatic rings. The molecule has 0 heterocycles. The maximum absolute atomic E-state index is 2.79. The third kappa shape index (κ3) is 6.74. The Kier molecular flexibility index (Phi) is 10.3. The lowest BCUT2D eigenvalue weighted by Crippen LogP contribution is -2.74. The third-order valence-electron chi connectivity index (χ3n) is 16.4. The molecule has 0 unspecified atom stereocenters. The molecule has 348 valence electrons. The summed E-state index contributed by atoms with van der Waals surface area (Å²) >= 11 is 0. The van der Waals surface area contributed by atoms with E-state index in [0.29, 0.717) is 0 Å². The summed E-state index contributed by atoms with van der Waals surface area (Å²) < 4.78 is 0. The smallest absolute Gasteiger partial charge is 0.0623 e. The van der Waals surface area contributed by atoms with Crippen LogP contribution in [0.4, 0.5) is 0 Å². The molecule has 0 saturated carbocycles. The van der Waals surface area contributed by atoms with Gasteiger partial charge >= 0.3 is 0 Å². The maximum atomic E-state index is 2.51.